The lowest BCUT2D eigenvalue weighted by Crippen LogP contribution is -2.46. The van der Waals surface area contributed by atoms with Crippen LogP contribution in [-0.4, -0.2) is 73.6 Å². The van der Waals surface area contributed by atoms with Gasteiger partial charge in [0.25, 0.3) is 0 Å². The smallest absolute Gasteiger partial charge is 0.410 e. The van der Waals surface area contributed by atoms with Crippen LogP contribution in [0.3, 0.4) is 0 Å². The van der Waals surface area contributed by atoms with Crippen LogP contribution in [0.2, 0.25) is 0 Å². The molecule has 0 aromatic carbocycles. The van der Waals surface area contributed by atoms with Gasteiger partial charge in [0.15, 0.2) is 9.84 Å². The second-order valence-electron chi connectivity index (χ2n) is 7.95. The Labute approximate surface area is 140 Å². The zero-order valence-electron chi connectivity index (χ0n) is 14.7. The first kappa shape index (κ1) is 18.5. The molecule has 2 aliphatic heterocycles. The molecule has 2 aliphatic rings. The molecule has 6 nitrogen and oxygen atoms in total. The Hall–Kier alpha value is -0.820. The Balaban J connectivity index is 1.97. The Bertz CT molecular complexity index is 527. The largest absolute Gasteiger partial charge is 0.444 e. The van der Waals surface area contributed by atoms with Crippen LogP contribution in [0, 0.1) is 5.92 Å². The Morgan fingerprint density at radius 3 is 2.61 bits per heavy atom. The molecule has 0 bridgehead atoms. The number of rotatable bonds is 2. The minimum atomic E-state index is -2.94. The summed E-state index contributed by atoms with van der Waals surface area (Å²) in [6.07, 6.45) is 1.68. The Morgan fingerprint density at radius 2 is 1.96 bits per heavy atom. The molecule has 1 amide bonds. The number of hydrogen-bond acceptors (Lipinski definition) is 5. The van der Waals surface area contributed by atoms with Gasteiger partial charge in [-0.1, -0.05) is 6.92 Å². The molecule has 0 saturated carbocycles. The minimum Gasteiger partial charge on any atom is -0.444 e. The first-order valence-electron chi connectivity index (χ1n) is 8.48. The van der Waals surface area contributed by atoms with Crippen LogP contribution in [0.4, 0.5) is 4.79 Å². The van der Waals surface area contributed by atoms with Crippen LogP contribution in [0.5, 0.6) is 0 Å². The summed E-state index contributed by atoms with van der Waals surface area (Å²) in [4.78, 5) is 16.3. The number of carbonyl (C=O) groups is 1. The molecule has 7 heteroatoms. The molecule has 0 aromatic rings. The van der Waals surface area contributed by atoms with Gasteiger partial charge in [-0.3, -0.25) is 4.90 Å². The summed E-state index contributed by atoms with van der Waals surface area (Å²) in [6, 6.07) is 0.123. The van der Waals surface area contributed by atoms with Gasteiger partial charge in [0, 0.05) is 32.2 Å². The highest BCUT2D eigenvalue weighted by Crippen LogP contribution is 2.22. The average molecular weight is 346 g/mol. The number of nitrogens with zero attached hydrogens (tertiary/aromatic N) is 2. The standard InChI is InChI=1S/C16H30N2O4S/c1-13-10-17(8-9-23(20,21)12-13)11-14-6-5-7-18(14)15(19)22-16(2,3)4/h13-14H,5-12H2,1-4H3/t13?,14-/m1/s1. The normalized spacial score (nSPS) is 29.3. The third-order valence-electron chi connectivity index (χ3n) is 4.30. The van der Waals surface area contributed by atoms with E-state index < -0.39 is 15.4 Å². The van der Waals surface area contributed by atoms with Gasteiger partial charge in [-0.2, -0.15) is 0 Å². The first-order chi connectivity index (χ1) is 10.6. The summed E-state index contributed by atoms with van der Waals surface area (Å²) in [5.41, 5.74) is -0.491. The van der Waals surface area contributed by atoms with E-state index in [-0.39, 0.29) is 29.6 Å². The third-order valence-corrected chi connectivity index (χ3v) is 6.18. The zero-order valence-corrected chi connectivity index (χ0v) is 15.6. The van der Waals surface area contributed by atoms with E-state index in [0.29, 0.717) is 6.54 Å². The van der Waals surface area contributed by atoms with Crippen LogP contribution in [-0.2, 0) is 14.6 Å². The van der Waals surface area contributed by atoms with E-state index in [9.17, 15) is 13.2 Å². The second kappa shape index (κ2) is 6.97. The molecule has 23 heavy (non-hydrogen) atoms. The molecule has 134 valence electrons. The summed E-state index contributed by atoms with van der Waals surface area (Å²) >= 11 is 0. The lowest BCUT2D eigenvalue weighted by atomic mass is 10.1. The highest BCUT2D eigenvalue weighted by molar-refractivity contribution is 7.91. The number of ether oxygens (including phenoxy) is 1. The number of sulfone groups is 1. The van der Waals surface area contributed by atoms with Crippen molar-refractivity contribution < 1.29 is 17.9 Å². The van der Waals surface area contributed by atoms with Crippen molar-refractivity contribution in [2.24, 2.45) is 5.92 Å². The highest BCUT2D eigenvalue weighted by Gasteiger charge is 2.34. The molecule has 0 radical (unpaired) electrons. The fourth-order valence-corrected chi connectivity index (χ4v) is 5.10. The number of likely N-dealkylation sites (tertiary alicyclic amines) is 1. The number of amides is 1. The maximum Gasteiger partial charge on any atom is 0.410 e. The van der Waals surface area contributed by atoms with E-state index in [0.717, 1.165) is 32.5 Å². The van der Waals surface area contributed by atoms with Crippen molar-refractivity contribution in [3.05, 3.63) is 0 Å². The van der Waals surface area contributed by atoms with Gasteiger partial charge in [0.05, 0.1) is 11.5 Å². The van der Waals surface area contributed by atoms with Crippen molar-refractivity contribution in [2.45, 2.75) is 52.2 Å². The fraction of sp³-hybridized carbons (Fsp3) is 0.938. The molecule has 0 N–H and O–H groups in total. The van der Waals surface area contributed by atoms with E-state index in [4.69, 9.17) is 4.74 Å². The maximum absolute atomic E-state index is 12.3. The van der Waals surface area contributed by atoms with Crippen LogP contribution >= 0.6 is 0 Å². The minimum absolute atomic E-state index is 0.123. The summed E-state index contributed by atoms with van der Waals surface area (Å²) < 4.78 is 29.3. The summed E-state index contributed by atoms with van der Waals surface area (Å²) in [6.45, 7) is 10.4. The quantitative estimate of drug-likeness (QED) is 0.762. The molecule has 2 rings (SSSR count). The molecular formula is C16H30N2O4S. The molecular weight excluding hydrogens is 316 g/mol. The third kappa shape index (κ3) is 5.64. The predicted molar refractivity (Wildman–Crippen MR) is 90.2 cm³/mol. The van der Waals surface area contributed by atoms with Gasteiger partial charge >= 0.3 is 6.09 Å². The van der Waals surface area contributed by atoms with Crippen molar-refractivity contribution in [2.75, 3.05) is 37.7 Å². The second-order valence-corrected chi connectivity index (χ2v) is 10.2. The van der Waals surface area contributed by atoms with Crippen molar-refractivity contribution in [1.82, 2.24) is 9.80 Å². The highest BCUT2D eigenvalue weighted by atomic mass is 32.2. The summed E-state index contributed by atoms with van der Waals surface area (Å²) in [7, 11) is -2.94. The predicted octanol–water partition coefficient (Wildman–Crippen LogP) is 1.75. The molecule has 2 atom stereocenters. The van der Waals surface area contributed by atoms with Crippen molar-refractivity contribution >= 4 is 15.9 Å². The lowest BCUT2D eigenvalue weighted by molar-refractivity contribution is 0.0196. The van der Waals surface area contributed by atoms with E-state index in [2.05, 4.69) is 4.90 Å². The molecule has 0 spiro atoms. The number of carbonyl (C=O) groups excluding carboxylic acids is 1. The molecule has 2 fully saturated rings. The van der Waals surface area contributed by atoms with Gasteiger partial charge in [0.1, 0.15) is 5.60 Å². The number of hydrogen-bond donors (Lipinski definition) is 0. The van der Waals surface area contributed by atoms with Crippen LogP contribution in [0.25, 0.3) is 0 Å². The van der Waals surface area contributed by atoms with Crippen LogP contribution in [0.15, 0.2) is 0 Å². The summed E-state index contributed by atoms with van der Waals surface area (Å²) in [5.74, 6) is 0.624. The van der Waals surface area contributed by atoms with Crippen molar-refractivity contribution in [1.29, 1.82) is 0 Å². The van der Waals surface area contributed by atoms with Gasteiger partial charge < -0.3 is 9.64 Å². The average Bonchev–Trinajstić information content (AvgIpc) is 2.76. The molecule has 1 unspecified atom stereocenters. The molecule has 0 aliphatic carbocycles. The Kier molecular flexibility index (Phi) is 5.61. The maximum atomic E-state index is 12.3. The van der Waals surface area contributed by atoms with Crippen molar-refractivity contribution in [3.63, 3.8) is 0 Å². The van der Waals surface area contributed by atoms with Gasteiger partial charge in [-0.05, 0) is 39.5 Å². The molecule has 2 heterocycles. The first-order valence-corrected chi connectivity index (χ1v) is 10.3. The van der Waals surface area contributed by atoms with Gasteiger partial charge in [0.2, 0.25) is 0 Å². The van der Waals surface area contributed by atoms with Gasteiger partial charge in [-0.25, -0.2) is 13.2 Å². The van der Waals surface area contributed by atoms with E-state index in [1.54, 1.807) is 0 Å². The van der Waals surface area contributed by atoms with Gasteiger partial charge in [-0.15, -0.1) is 0 Å². The zero-order chi connectivity index (χ0) is 17.3. The Morgan fingerprint density at radius 1 is 1.26 bits per heavy atom. The molecule has 2 saturated heterocycles. The SMILES string of the molecule is CC1CN(C[C@H]2CCCN2C(=O)OC(C)(C)C)CCS(=O)(=O)C1. The van der Waals surface area contributed by atoms with Crippen LogP contribution in [0.1, 0.15) is 40.5 Å². The van der Waals surface area contributed by atoms with E-state index in [1.165, 1.54) is 0 Å². The monoisotopic (exact) mass is 346 g/mol. The topological polar surface area (TPSA) is 66.9 Å². The van der Waals surface area contributed by atoms with E-state index >= 15 is 0 Å². The molecule has 0 aromatic heterocycles. The fourth-order valence-electron chi connectivity index (χ4n) is 3.42. The van der Waals surface area contributed by atoms with Crippen molar-refractivity contribution in [3.8, 4) is 0 Å². The summed E-state index contributed by atoms with van der Waals surface area (Å²) in [5, 5.41) is 0. The van der Waals surface area contributed by atoms with E-state index in [1.807, 2.05) is 32.6 Å². The lowest BCUT2D eigenvalue weighted by Gasteiger charge is -2.32. The van der Waals surface area contributed by atoms with Crippen LogP contribution < -0.4 is 0 Å².